The molecule has 5 rings (SSSR count). The molecule has 0 unspecified atom stereocenters. The summed E-state index contributed by atoms with van der Waals surface area (Å²) in [6, 6.07) is 15.7. The molecule has 0 atom stereocenters. The van der Waals surface area contributed by atoms with Crippen molar-refractivity contribution in [3.8, 4) is 17.1 Å². The molecule has 34 heavy (non-hydrogen) atoms. The predicted molar refractivity (Wildman–Crippen MR) is 128 cm³/mol. The van der Waals surface area contributed by atoms with Crippen LogP contribution < -0.4 is 4.74 Å². The van der Waals surface area contributed by atoms with Crippen molar-refractivity contribution in [1.29, 1.82) is 0 Å². The number of ether oxygens (including phenoxy) is 1. The van der Waals surface area contributed by atoms with Gasteiger partial charge >= 0.3 is 0 Å². The Morgan fingerprint density at radius 2 is 1.68 bits per heavy atom. The Hall–Kier alpha value is -3.23. The summed E-state index contributed by atoms with van der Waals surface area (Å²) in [6.07, 6.45) is 2.55. The standard InChI is InChI=1S/C26H31N5O3/c1-33-23-9-7-21(8-10-23)25-27-24(34-28-25)19-30-13-15-31(16-14-30)26(32)22-6-4-5-20(17-22)18-29-11-2-3-12-29/h4-10,17H,2-3,11-16,18-19H2,1H3. The summed E-state index contributed by atoms with van der Waals surface area (Å²) in [5, 5.41) is 4.11. The molecule has 0 spiro atoms. The lowest BCUT2D eigenvalue weighted by atomic mass is 10.1. The summed E-state index contributed by atoms with van der Waals surface area (Å²) in [5.74, 6) is 2.06. The Labute approximate surface area is 200 Å². The van der Waals surface area contributed by atoms with Gasteiger partial charge in [0.1, 0.15) is 5.75 Å². The first-order valence-electron chi connectivity index (χ1n) is 12.0. The molecule has 0 N–H and O–H groups in total. The van der Waals surface area contributed by atoms with E-state index in [1.54, 1.807) is 7.11 Å². The minimum absolute atomic E-state index is 0.113. The number of rotatable bonds is 7. The third-order valence-electron chi connectivity index (χ3n) is 6.61. The van der Waals surface area contributed by atoms with E-state index in [4.69, 9.17) is 9.26 Å². The second-order valence-corrected chi connectivity index (χ2v) is 8.99. The molecule has 8 heteroatoms. The largest absolute Gasteiger partial charge is 0.497 e. The predicted octanol–water partition coefficient (Wildman–Crippen LogP) is 3.30. The van der Waals surface area contributed by atoms with Crippen LogP contribution in [0.4, 0.5) is 0 Å². The topological polar surface area (TPSA) is 74.9 Å². The molecule has 1 amide bonds. The number of amides is 1. The average Bonchev–Trinajstić information content (AvgIpc) is 3.57. The molecule has 3 aromatic rings. The fourth-order valence-electron chi connectivity index (χ4n) is 4.66. The molecule has 8 nitrogen and oxygen atoms in total. The highest BCUT2D eigenvalue weighted by Crippen LogP contribution is 2.21. The Morgan fingerprint density at radius 1 is 0.941 bits per heavy atom. The first kappa shape index (κ1) is 22.6. The molecule has 2 aromatic carbocycles. The van der Waals surface area contributed by atoms with Gasteiger partial charge in [-0.05, 0) is 67.9 Å². The summed E-state index contributed by atoms with van der Waals surface area (Å²) in [5.41, 5.74) is 2.89. The van der Waals surface area contributed by atoms with Gasteiger partial charge < -0.3 is 14.2 Å². The van der Waals surface area contributed by atoms with Crippen LogP contribution in [0.15, 0.2) is 53.1 Å². The van der Waals surface area contributed by atoms with E-state index in [0.29, 0.717) is 31.3 Å². The third-order valence-corrected chi connectivity index (χ3v) is 6.61. The summed E-state index contributed by atoms with van der Waals surface area (Å²) in [6.45, 7) is 6.75. The van der Waals surface area contributed by atoms with Crippen LogP contribution in [0, 0.1) is 0 Å². The second-order valence-electron chi connectivity index (χ2n) is 8.99. The van der Waals surface area contributed by atoms with Crippen LogP contribution in [0.1, 0.15) is 34.7 Å². The molecule has 2 aliphatic heterocycles. The Bertz CT molecular complexity index is 1100. The molecule has 0 aliphatic carbocycles. The fraction of sp³-hybridized carbons (Fsp3) is 0.423. The van der Waals surface area contributed by atoms with Gasteiger partial charge in [0.05, 0.1) is 13.7 Å². The van der Waals surface area contributed by atoms with Gasteiger partial charge in [0, 0.05) is 43.9 Å². The van der Waals surface area contributed by atoms with Crippen molar-refractivity contribution in [2.45, 2.75) is 25.9 Å². The minimum Gasteiger partial charge on any atom is -0.497 e. The van der Waals surface area contributed by atoms with Crippen molar-refractivity contribution in [3.05, 3.63) is 65.5 Å². The zero-order chi connectivity index (χ0) is 23.3. The molecule has 2 saturated heterocycles. The minimum atomic E-state index is 0.113. The lowest BCUT2D eigenvalue weighted by molar-refractivity contribution is 0.0615. The number of carbonyl (C=O) groups excluding carboxylic acids is 1. The second kappa shape index (κ2) is 10.4. The first-order valence-corrected chi connectivity index (χ1v) is 12.0. The van der Waals surface area contributed by atoms with Gasteiger partial charge in [-0.2, -0.15) is 4.98 Å². The van der Waals surface area contributed by atoms with E-state index in [-0.39, 0.29) is 5.91 Å². The van der Waals surface area contributed by atoms with Crippen molar-refractivity contribution >= 4 is 5.91 Å². The van der Waals surface area contributed by atoms with Gasteiger partial charge in [0.25, 0.3) is 5.91 Å². The fourth-order valence-corrected chi connectivity index (χ4v) is 4.66. The summed E-state index contributed by atoms with van der Waals surface area (Å²) >= 11 is 0. The molecule has 2 fully saturated rings. The van der Waals surface area contributed by atoms with Gasteiger partial charge in [-0.3, -0.25) is 14.6 Å². The number of carbonyl (C=O) groups is 1. The van der Waals surface area contributed by atoms with Gasteiger partial charge in [-0.1, -0.05) is 17.3 Å². The molecule has 1 aromatic heterocycles. The zero-order valence-corrected chi connectivity index (χ0v) is 19.7. The normalized spacial score (nSPS) is 17.3. The molecule has 0 radical (unpaired) electrons. The average molecular weight is 462 g/mol. The lowest BCUT2D eigenvalue weighted by Crippen LogP contribution is -2.48. The summed E-state index contributed by atoms with van der Waals surface area (Å²) < 4.78 is 10.7. The van der Waals surface area contributed by atoms with E-state index >= 15 is 0 Å². The Kier molecular flexibility index (Phi) is 6.87. The van der Waals surface area contributed by atoms with Crippen molar-refractivity contribution in [2.75, 3.05) is 46.4 Å². The highest BCUT2D eigenvalue weighted by Gasteiger charge is 2.24. The number of hydrogen-bond acceptors (Lipinski definition) is 7. The van der Waals surface area contributed by atoms with Gasteiger partial charge in [0.2, 0.25) is 11.7 Å². The maximum absolute atomic E-state index is 13.1. The summed E-state index contributed by atoms with van der Waals surface area (Å²) in [4.78, 5) is 24.3. The molecule has 0 saturated carbocycles. The monoisotopic (exact) mass is 461 g/mol. The number of hydrogen-bond donors (Lipinski definition) is 0. The number of piperazine rings is 1. The maximum atomic E-state index is 13.1. The molecule has 178 valence electrons. The molecular formula is C26H31N5O3. The third kappa shape index (κ3) is 5.29. The molecular weight excluding hydrogens is 430 g/mol. The van der Waals surface area contributed by atoms with Crippen LogP contribution >= 0.6 is 0 Å². The molecule has 2 aliphatic rings. The first-order chi connectivity index (χ1) is 16.7. The number of benzene rings is 2. The van der Waals surface area contributed by atoms with Crippen molar-refractivity contribution in [1.82, 2.24) is 24.8 Å². The highest BCUT2D eigenvalue weighted by atomic mass is 16.5. The zero-order valence-electron chi connectivity index (χ0n) is 19.7. The quantitative estimate of drug-likeness (QED) is 0.534. The number of methoxy groups -OCH3 is 1. The van der Waals surface area contributed by atoms with Crippen LogP contribution in [0.25, 0.3) is 11.4 Å². The van der Waals surface area contributed by atoms with E-state index in [1.807, 2.05) is 41.3 Å². The molecule has 0 bridgehead atoms. The van der Waals surface area contributed by atoms with E-state index in [0.717, 1.165) is 49.6 Å². The van der Waals surface area contributed by atoms with E-state index in [9.17, 15) is 4.79 Å². The van der Waals surface area contributed by atoms with Crippen molar-refractivity contribution in [3.63, 3.8) is 0 Å². The van der Waals surface area contributed by atoms with E-state index in [2.05, 4.69) is 32.1 Å². The number of nitrogens with zero attached hydrogens (tertiary/aromatic N) is 5. The van der Waals surface area contributed by atoms with Crippen LogP contribution in [0.3, 0.4) is 0 Å². The summed E-state index contributed by atoms with van der Waals surface area (Å²) in [7, 11) is 1.64. The van der Waals surface area contributed by atoms with Crippen LogP contribution in [-0.4, -0.2) is 77.1 Å². The Morgan fingerprint density at radius 3 is 2.41 bits per heavy atom. The van der Waals surface area contributed by atoms with E-state index in [1.165, 1.54) is 18.4 Å². The van der Waals surface area contributed by atoms with Crippen molar-refractivity contribution in [2.24, 2.45) is 0 Å². The van der Waals surface area contributed by atoms with Gasteiger partial charge in [-0.15, -0.1) is 0 Å². The maximum Gasteiger partial charge on any atom is 0.253 e. The van der Waals surface area contributed by atoms with Crippen LogP contribution in [0.2, 0.25) is 0 Å². The number of aromatic nitrogens is 2. The lowest BCUT2D eigenvalue weighted by Gasteiger charge is -2.34. The van der Waals surface area contributed by atoms with Crippen LogP contribution in [0.5, 0.6) is 5.75 Å². The van der Waals surface area contributed by atoms with E-state index < -0.39 is 0 Å². The van der Waals surface area contributed by atoms with Crippen LogP contribution in [-0.2, 0) is 13.1 Å². The highest BCUT2D eigenvalue weighted by molar-refractivity contribution is 5.94. The Balaban J connectivity index is 1.14. The number of likely N-dealkylation sites (tertiary alicyclic amines) is 1. The van der Waals surface area contributed by atoms with Gasteiger partial charge in [-0.25, -0.2) is 0 Å². The SMILES string of the molecule is COc1ccc(-c2noc(CN3CCN(C(=O)c4cccc(CN5CCCC5)c4)CC3)n2)cc1. The molecule has 3 heterocycles. The smallest absolute Gasteiger partial charge is 0.253 e. The van der Waals surface area contributed by atoms with Gasteiger partial charge in [0.15, 0.2) is 0 Å². The van der Waals surface area contributed by atoms with Crippen molar-refractivity contribution < 1.29 is 14.1 Å².